The molecule has 0 radical (unpaired) electrons. The first-order valence-corrected chi connectivity index (χ1v) is 11.2. The lowest BCUT2D eigenvalue weighted by atomic mass is 9.79. The van der Waals surface area contributed by atoms with Crippen LogP contribution >= 0.6 is 12.4 Å². The number of amides is 1. The van der Waals surface area contributed by atoms with E-state index in [1.165, 1.54) is 31.2 Å². The van der Waals surface area contributed by atoms with Gasteiger partial charge in [0.2, 0.25) is 5.91 Å². The van der Waals surface area contributed by atoms with Crippen LogP contribution in [-0.2, 0) is 4.79 Å². The Morgan fingerprint density at radius 1 is 0.833 bits per heavy atom. The second-order valence-electron chi connectivity index (χ2n) is 8.91. The van der Waals surface area contributed by atoms with Gasteiger partial charge in [-0.3, -0.25) is 4.79 Å². The van der Waals surface area contributed by atoms with E-state index in [4.69, 9.17) is 0 Å². The zero-order chi connectivity index (χ0) is 19.7. The summed E-state index contributed by atoms with van der Waals surface area (Å²) < 4.78 is 0. The number of carbonyl (C=O) groups excluding carboxylic acids is 1. The molecule has 1 amide bonds. The maximum Gasteiger partial charge on any atom is 0.247 e. The topological polar surface area (TPSA) is 35.6 Å². The number of carbonyl (C=O) groups is 1. The fourth-order valence-corrected chi connectivity index (χ4v) is 5.79. The molecule has 2 saturated heterocycles. The lowest BCUT2D eigenvalue weighted by molar-refractivity contribution is -0.125. The molecule has 0 aromatic heterocycles. The molecule has 1 saturated carbocycles. The van der Waals surface area contributed by atoms with Gasteiger partial charge in [0.25, 0.3) is 0 Å². The molecule has 2 aromatic rings. The van der Waals surface area contributed by atoms with Gasteiger partial charge in [0.15, 0.2) is 0 Å². The zero-order valence-corrected chi connectivity index (χ0v) is 18.3. The van der Waals surface area contributed by atoms with Crippen LogP contribution in [0.3, 0.4) is 0 Å². The summed E-state index contributed by atoms with van der Waals surface area (Å²) in [4.78, 5) is 17.8. The van der Waals surface area contributed by atoms with Crippen LogP contribution in [0.2, 0.25) is 0 Å². The first-order chi connectivity index (χ1) is 14.3. The van der Waals surface area contributed by atoms with Gasteiger partial charge in [-0.1, -0.05) is 48.5 Å². The second kappa shape index (κ2) is 8.99. The van der Waals surface area contributed by atoms with Crippen molar-refractivity contribution in [1.29, 1.82) is 0 Å². The third-order valence-electron chi connectivity index (χ3n) is 7.51. The van der Waals surface area contributed by atoms with E-state index in [9.17, 15) is 4.79 Å². The molecule has 0 atom stereocenters. The van der Waals surface area contributed by atoms with Crippen LogP contribution in [0.5, 0.6) is 0 Å². The average Bonchev–Trinajstić information content (AvgIpc) is 3.11. The number of hydrogen-bond acceptors (Lipinski definition) is 3. The van der Waals surface area contributed by atoms with Crippen molar-refractivity contribution in [2.45, 2.75) is 56.0 Å². The molecule has 2 aromatic carbocycles. The first-order valence-electron chi connectivity index (χ1n) is 11.2. The molecular formula is C25H32ClN3O. The summed E-state index contributed by atoms with van der Waals surface area (Å²) in [5.41, 5.74) is 2.30. The van der Waals surface area contributed by atoms with Crippen molar-refractivity contribution >= 4 is 24.0 Å². The third kappa shape index (κ3) is 3.83. The lowest BCUT2D eigenvalue weighted by Gasteiger charge is -2.46. The number of nitrogens with zero attached hydrogens (tertiary/aromatic N) is 2. The van der Waals surface area contributed by atoms with Crippen molar-refractivity contribution in [3.8, 4) is 0 Å². The van der Waals surface area contributed by atoms with Crippen molar-refractivity contribution in [1.82, 2.24) is 10.2 Å². The van der Waals surface area contributed by atoms with Crippen LogP contribution in [0.25, 0.3) is 0 Å². The summed E-state index contributed by atoms with van der Waals surface area (Å²) in [7, 11) is 0. The lowest BCUT2D eigenvalue weighted by Crippen LogP contribution is -2.58. The minimum atomic E-state index is -0.362. The minimum absolute atomic E-state index is 0. The highest BCUT2D eigenvalue weighted by molar-refractivity contribution is 5.93. The highest BCUT2D eigenvalue weighted by Gasteiger charge is 2.50. The maximum absolute atomic E-state index is 12.8. The molecule has 0 unspecified atom stereocenters. The molecule has 1 aliphatic carbocycles. The molecule has 1 N–H and O–H groups in total. The van der Waals surface area contributed by atoms with Crippen LogP contribution in [0, 0.1) is 0 Å². The van der Waals surface area contributed by atoms with E-state index in [1.807, 2.05) is 6.07 Å². The van der Waals surface area contributed by atoms with Crippen LogP contribution in [0.15, 0.2) is 60.7 Å². The quantitative estimate of drug-likeness (QED) is 0.782. The van der Waals surface area contributed by atoms with Gasteiger partial charge in [0.1, 0.15) is 5.54 Å². The molecule has 1 spiro atoms. The monoisotopic (exact) mass is 425 g/mol. The van der Waals surface area contributed by atoms with Gasteiger partial charge >= 0.3 is 0 Å². The van der Waals surface area contributed by atoms with E-state index in [1.54, 1.807) is 0 Å². The Balaban J connectivity index is 0.00000218. The number of anilines is 1. The minimum Gasteiger partial charge on any atom is -0.339 e. The molecule has 2 heterocycles. The van der Waals surface area contributed by atoms with Crippen molar-refractivity contribution in [2.75, 3.05) is 24.7 Å². The highest BCUT2D eigenvalue weighted by atomic mass is 35.5. The molecule has 3 aliphatic rings. The van der Waals surface area contributed by atoms with Gasteiger partial charge < -0.3 is 15.1 Å². The normalized spacial score (nSPS) is 26.3. The molecule has 4 nitrogen and oxygen atoms in total. The Labute approximate surface area is 186 Å². The second-order valence-corrected chi connectivity index (χ2v) is 8.91. The largest absolute Gasteiger partial charge is 0.339 e. The van der Waals surface area contributed by atoms with E-state index in [-0.39, 0.29) is 23.9 Å². The van der Waals surface area contributed by atoms with E-state index < -0.39 is 0 Å². The van der Waals surface area contributed by atoms with Crippen LogP contribution in [-0.4, -0.2) is 42.1 Å². The standard InChI is InChI=1S/C25H31N3O.ClH/c29-24-25(28(19-26-24)23-9-5-2-6-10-23)15-17-27(18-16-25)22-13-11-21(12-14-22)20-7-3-1-4-8-20;/h1-10,21-22H,11-19H2,(H,26,29);1H. The van der Waals surface area contributed by atoms with E-state index >= 15 is 0 Å². The van der Waals surface area contributed by atoms with E-state index in [0.29, 0.717) is 12.7 Å². The van der Waals surface area contributed by atoms with Gasteiger partial charge in [-0.05, 0) is 62.1 Å². The summed E-state index contributed by atoms with van der Waals surface area (Å²) in [5.74, 6) is 0.937. The number of para-hydroxylation sites is 1. The zero-order valence-electron chi connectivity index (χ0n) is 17.5. The molecular weight excluding hydrogens is 394 g/mol. The van der Waals surface area contributed by atoms with Gasteiger partial charge in [0.05, 0.1) is 6.67 Å². The van der Waals surface area contributed by atoms with Gasteiger partial charge in [-0.15, -0.1) is 12.4 Å². The average molecular weight is 426 g/mol. The number of benzene rings is 2. The summed E-state index contributed by atoms with van der Waals surface area (Å²) >= 11 is 0. The molecule has 0 bridgehead atoms. The van der Waals surface area contributed by atoms with Crippen LogP contribution in [0.1, 0.15) is 50.0 Å². The maximum atomic E-state index is 12.8. The molecule has 160 valence electrons. The third-order valence-corrected chi connectivity index (χ3v) is 7.51. The van der Waals surface area contributed by atoms with Gasteiger partial charge in [-0.2, -0.15) is 0 Å². The summed E-state index contributed by atoms with van der Waals surface area (Å²) in [6.45, 7) is 2.68. The van der Waals surface area contributed by atoms with E-state index in [2.05, 4.69) is 69.7 Å². The Morgan fingerprint density at radius 3 is 2.07 bits per heavy atom. The summed E-state index contributed by atoms with van der Waals surface area (Å²) in [6.07, 6.45) is 6.97. The molecule has 2 aliphatic heterocycles. The number of nitrogens with one attached hydrogen (secondary N) is 1. The fourth-order valence-electron chi connectivity index (χ4n) is 5.79. The Bertz CT molecular complexity index is 828. The smallest absolute Gasteiger partial charge is 0.247 e. The number of hydrogen-bond donors (Lipinski definition) is 1. The van der Waals surface area contributed by atoms with E-state index in [0.717, 1.165) is 37.5 Å². The Hall–Kier alpha value is -2.04. The Kier molecular flexibility index (Phi) is 6.35. The Morgan fingerprint density at radius 2 is 1.43 bits per heavy atom. The van der Waals surface area contributed by atoms with Crippen molar-refractivity contribution in [2.24, 2.45) is 0 Å². The number of halogens is 1. The number of rotatable bonds is 3. The van der Waals surface area contributed by atoms with Crippen molar-refractivity contribution in [3.63, 3.8) is 0 Å². The highest BCUT2D eigenvalue weighted by Crippen LogP contribution is 2.39. The van der Waals surface area contributed by atoms with Crippen LogP contribution < -0.4 is 10.2 Å². The molecule has 5 rings (SSSR count). The van der Waals surface area contributed by atoms with Crippen molar-refractivity contribution < 1.29 is 4.79 Å². The van der Waals surface area contributed by atoms with Crippen LogP contribution in [0.4, 0.5) is 5.69 Å². The predicted octanol–water partition coefficient (Wildman–Crippen LogP) is 4.56. The fraction of sp³-hybridized carbons (Fsp3) is 0.480. The van der Waals surface area contributed by atoms with Gasteiger partial charge in [-0.25, -0.2) is 0 Å². The molecule has 30 heavy (non-hydrogen) atoms. The first kappa shape index (κ1) is 21.2. The van der Waals surface area contributed by atoms with Gasteiger partial charge in [0, 0.05) is 24.8 Å². The molecule has 5 heteroatoms. The SMILES string of the molecule is Cl.O=C1NCN(c2ccccc2)C12CCN(C1CCC(c3ccccc3)CC1)CC2. The number of piperidine rings is 1. The summed E-state index contributed by atoms with van der Waals surface area (Å²) in [6, 6.07) is 22.1. The summed E-state index contributed by atoms with van der Waals surface area (Å²) in [5, 5.41) is 3.12. The molecule has 3 fully saturated rings. The predicted molar refractivity (Wildman–Crippen MR) is 124 cm³/mol. The van der Waals surface area contributed by atoms with Crippen molar-refractivity contribution in [3.05, 3.63) is 66.2 Å². The number of likely N-dealkylation sites (tertiary alicyclic amines) is 1.